The van der Waals surface area contributed by atoms with Gasteiger partial charge in [0, 0.05) is 24.2 Å². The maximum Gasteiger partial charge on any atom is 0.251 e. The molecule has 0 radical (unpaired) electrons. The lowest BCUT2D eigenvalue weighted by molar-refractivity contribution is 0.0950. The molecule has 0 aliphatic carbocycles. The van der Waals surface area contributed by atoms with Crippen molar-refractivity contribution in [3.8, 4) is 11.5 Å². The lowest BCUT2D eigenvalue weighted by Crippen LogP contribution is -2.24. The fraction of sp³-hybridized carbons (Fsp3) is 0.318. The first-order valence-corrected chi connectivity index (χ1v) is 8.88. The van der Waals surface area contributed by atoms with Crippen molar-refractivity contribution in [3.05, 3.63) is 64.7 Å². The normalized spacial score (nSPS) is 11.0. The van der Waals surface area contributed by atoms with Crippen LogP contribution in [0.25, 0.3) is 6.08 Å². The van der Waals surface area contributed by atoms with Crippen molar-refractivity contribution in [1.82, 2.24) is 10.2 Å². The fourth-order valence-corrected chi connectivity index (χ4v) is 2.93. The van der Waals surface area contributed by atoms with Crippen molar-refractivity contribution in [2.75, 3.05) is 28.3 Å². The molecule has 0 heterocycles. The van der Waals surface area contributed by atoms with Crippen LogP contribution in [-0.2, 0) is 13.1 Å². The highest BCUT2D eigenvalue weighted by molar-refractivity contribution is 5.96. The minimum Gasteiger partial charge on any atom is -0.493 e. The van der Waals surface area contributed by atoms with Gasteiger partial charge in [-0.1, -0.05) is 36.4 Å². The van der Waals surface area contributed by atoms with Gasteiger partial charge in [-0.25, -0.2) is 0 Å². The standard InChI is InChI=1S/C22H28N2O3/c1-6-9-16-12-19(13-20(26-4)21(16)27-5)22(25)23-14-17-10-7-8-11-18(17)15-24(2)3/h6-13H,14-15H2,1-5H3,(H,23,25)/b9-6+. The Balaban J connectivity index is 2.23. The Kier molecular flexibility index (Phi) is 7.44. The molecule has 0 bridgehead atoms. The number of nitrogens with zero attached hydrogens (tertiary/aromatic N) is 1. The number of amides is 1. The second-order valence-electron chi connectivity index (χ2n) is 6.49. The highest BCUT2D eigenvalue weighted by Crippen LogP contribution is 2.33. The van der Waals surface area contributed by atoms with Crippen LogP contribution in [0.3, 0.4) is 0 Å². The molecule has 0 aliphatic rings. The Hall–Kier alpha value is -2.79. The third kappa shape index (κ3) is 5.34. The van der Waals surface area contributed by atoms with Crippen LogP contribution < -0.4 is 14.8 Å². The number of hydrogen-bond acceptors (Lipinski definition) is 4. The van der Waals surface area contributed by atoms with Crippen molar-refractivity contribution in [1.29, 1.82) is 0 Å². The maximum absolute atomic E-state index is 12.7. The summed E-state index contributed by atoms with van der Waals surface area (Å²) in [5.41, 5.74) is 3.64. The number of nitrogens with one attached hydrogen (secondary N) is 1. The van der Waals surface area contributed by atoms with Crippen LogP contribution in [0.15, 0.2) is 42.5 Å². The summed E-state index contributed by atoms with van der Waals surface area (Å²) >= 11 is 0. The first-order chi connectivity index (χ1) is 13.0. The van der Waals surface area contributed by atoms with E-state index in [1.165, 1.54) is 5.56 Å². The van der Waals surface area contributed by atoms with Crippen molar-refractivity contribution >= 4 is 12.0 Å². The molecule has 2 rings (SSSR count). The van der Waals surface area contributed by atoms with Gasteiger partial charge < -0.3 is 19.7 Å². The molecule has 1 amide bonds. The Morgan fingerprint density at radius 2 is 1.81 bits per heavy atom. The summed E-state index contributed by atoms with van der Waals surface area (Å²) in [5.74, 6) is 0.996. The van der Waals surface area contributed by atoms with Gasteiger partial charge >= 0.3 is 0 Å². The lowest BCUT2D eigenvalue weighted by Gasteiger charge is -2.16. The van der Waals surface area contributed by atoms with E-state index in [2.05, 4.69) is 16.3 Å². The SMILES string of the molecule is C/C=C/c1cc(C(=O)NCc2ccccc2CN(C)C)cc(OC)c1OC. The van der Waals surface area contributed by atoms with Gasteiger partial charge in [-0.3, -0.25) is 4.79 Å². The van der Waals surface area contributed by atoms with Gasteiger partial charge in [0.15, 0.2) is 11.5 Å². The summed E-state index contributed by atoms with van der Waals surface area (Å²) < 4.78 is 10.8. The van der Waals surface area contributed by atoms with Crippen molar-refractivity contribution in [2.45, 2.75) is 20.0 Å². The topological polar surface area (TPSA) is 50.8 Å². The number of benzene rings is 2. The number of carbonyl (C=O) groups is 1. The zero-order valence-electron chi connectivity index (χ0n) is 16.7. The molecule has 2 aromatic carbocycles. The molecule has 144 valence electrons. The number of hydrogen-bond donors (Lipinski definition) is 1. The van der Waals surface area contributed by atoms with Gasteiger partial charge in [-0.2, -0.15) is 0 Å². The predicted octanol–water partition coefficient (Wildman–Crippen LogP) is 3.73. The van der Waals surface area contributed by atoms with Crippen molar-refractivity contribution in [2.24, 2.45) is 0 Å². The first kappa shape index (κ1) is 20.5. The number of methoxy groups -OCH3 is 2. The third-order valence-corrected chi connectivity index (χ3v) is 4.16. The Morgan fingerprint density at radius 1 is 1.11 bits per heavy atom. The Labute approximate surface area is 161 Å². The van der Waals surface area contributed by atoms with Crippen LogP contribution >= 0.6 is 0 Å². The van der Waals surface area contributed by atoms with E-state index in [1.807, 2.05) is 57.4 Å². The molecule has 0 aromatic heterocycles. The third-order valence-electron chi connectivity index (χ3n) is 4.16. The van der Waals surface area contributed by atoms with E-state index >= 15 is 0 Å². The molecular weight excluding hydrogens is 340 g/mol. The molecule has 0 fully saturated rings. The van der Waals surface area contributed by atoms with Crippen molar-refractivity contribution in [3.63, 3.8) is 0 Å². The molecule has 5 heteroatoms. The Morgan fingerprint density at radius 3 is 2.41 bits per heavy atom. The molecule has 0 saturated heterocycles. The van der Waals surface area contributed by atoms with E-state index in [0.717, 1.165) is 17.7 Å². The highest BCUT2D eigenvalue weighted by atomic mass is 16.5. The molecule has 5 nitrogen and oxygen atoms in total. The highest BCUT2D eigenvalue weighted by Gasteiger charge is 2.15. The molecule has 0 aliphatic heterocycles. The van der Waals surface area contributed by atoms with Gasteiger partial charge in [0.05, 0.1) is 14.2 Å². The number of allylic oxidation sites excluding steroid dienone is 1. The molecule has 27 heavy (non-hydrogen) atoms. The first-order valence-electron chi connectivity index (χ1n) is 8.88. The monoisotopic (exact) mass is 368 g/mol. The average Bonchev–Trinajstić information content (AvgIpc) is 2.66. The zero-order chi connectivity index (χ0) is 19.8. The summed E-state index contributed by atoms with van der Waals surface area (Å²) in [7, 11) is 7.21. The largest absolute Gasteiger partial charge is 0.493 e. The van der Waals surface area contributed by atoms with Crippen LogP contribution in [0.1, 0.15) is 34.0 Å². The van der Waals surface area contributed by atoms with Crippen LogP contribution in [0.4, 0.5) is 0 Å². The number of rotatable bonds is 8. The molecule has 0 saturated carbocycles. The summed E-state index contributed by atoms with van der Waals surface area (Å²) in [5, 5.41) is 3.01. The van der Waals surface area contributed by atoms with Crippen LogP contribution in [-0.4, -0.2) is 39.1 Å². The average molecular weight is 368 g/mol. The van der Waals surface area contributed by atoms with E-state index in [9.17, 15) is 4.79 Å². The second-order valence-corrected chi connectivity index (χ2v) is 6.49. The van der Waals surface area contributed by atoms with E-state index < -0.39 is 0 Å². The summed E-state index contributed by atoms with van der Waals surface area (Å²) in [6, 6.07) is 11.6. The summed E-state index contributed by atoms with van der Waals surface area (Å²) in [4.78, 5) is 14.8. The number of carbonyl (C=O) groups excluding carboxylic acids is 1. The van der Waals surface area contributed by atoms with E-state index in [-0.39, 0.29) is 5.91 Å². The molecule has 0 spiro atoms. The molecular formula is C22H28N2O3. The van der Waals surface area contributed by atoms with Gasteiger partial charge in [0.1, 0.15) is 0 Å². The van der Waals surface area contributed by atoms with E-state index in [4.69, 9.17) is 9.47 Å². The second kappa shape index (κ2) is 9.78. The molecule has 0 unspecified atom stereocenters. The van der Waals surface area contributed by atoms with Gasteiger partial charge in [-0.15, -0.1) is 0 Å². The number of ether oxygens (including phenoxy) is 2. The van der Waals surface area contributed by atoms with Crippen molar-refractivity contribution < 1.29 is 14.3 Å². The molecule has 2 aromatic rings. The molecule has 1 N–H and O–H groups in total. The maximum atomic E-state index is 12.7. The Bertz CT molecular complexity index is 813. The summed E-state index contributed by atoms with van der Waals surface area (Å²) in [6.07, 6.45) is 3.79. The van der Waals surface area contributed by atoms with Crippen LogP contribution in [0, 0.1) is 0 Å². The fourth-order valence-electron chi connectivity index (χ4n) is 2.93. The van der Waals surface area contributed by atoms with Crippen LogP contribution in [0.5, 0.6) is 11.5 Å². The van der Waals surface area contributed by atoms with E-state index in [0.29, 0.717) is 23.6 Å². The lowest BCUT2D eigenvalue weighted by atomic mass is 10.1. The quantitative estimate of drug-likeness (QED) is 0.771. The zero-order valence-corrected chi connectivity index (χ0v) is 16.7. The summed E-state index contributed by atoms with van der Waals surface area (Å²) in [6.45, 7) is 3.21. The minimum absolute atomic E-state index is 0.152. The van der Waals surface area contributed by atoms with Gasteiger partial charge in [0.2, 0.25) is 0 Å². The predicted molar refractivity (Wildman–Crippen MR) is 109 cm³/mol. The van der Waals surface area contributed by atoms with Gasteiger partial charge in [0.25, 0.3) is 5.91 Å². The van der Waals surface area contributed by atoms with Crippen LogP contribution in [0.2, 0.25) is 0 Å². The van der Waals surface area contributed by atoms with Gasteiger partial charge in [-0.05, 0) is 44.3 Å². The van der Waals surface area contributed by atoms with E-state index in [1.54, 1.807) is 20.3 Å². The smallest absolute Gasteiger partial charge is 0.251 e. The molecule has 0 atom stereocenters. The minimum atomic E-state index is -0.152.